The number of aromatic nitrogens is 4. The van der Waals surface area contributed by atoms with Crippen molar-refractivity contribution in [2.24, 2.45) is 0 Å². The van der Waals surface area contributed by atoms with E-state index in [9.17, 15) is 36.7 Å². The van der Waals surface area contributed by atoms with Gasteiger partial charge in [0.25, 0.3) is 11.5 Å². The molecule has 0 radical (unpaired) electrons. The van der Waals surface area contributed by atoms with Gasteiger partial charge in [0.2, 0.25) is 0 Å². The highest BCUT2D eigenvalue weighted by Crippen LogP contribution is 2.23. The number of nitrogens with two attached hydrogens (primary N) is 1. The van der Waals surface area contributed by atoms with E-state index in [0.717, 1.165) is 24.0 Å². The van der Waals surface area contributed by atoms with Crippen molar-refractivity contribution in [1.29, 1.82) is 0 Å². The molecule has 2 aromatic heterocycles. The highest BCUT2D eigenvalue weighted by Gasteiger charge is 2.43. The van der Waals surface area contributed by atoms with Crippen molar-refractivity contribution in [3.05, 3.63) is 86.1 Å². The molecule has 0 unspecified atom stereocenters. The molecule has 4 rings (SSSR count). The topological polar surface area (TPSA) is 145 Å². The maximum atomic E-state index is 14.4. The smallest absolute Gasteiger partial charge is 0.399 e. The summed E-state index contributed by atoms with van der Waals surface area (Å²) in [6, 6.07) is 9.34. The first-order chi connectivity index (χ1) is 19.8. The van der Waals surface area contributed by atoms with Gasteiger partial charge in [-0.25, -0.2) is 19.0 Å². The molecule has 4 aromatic rings. The first kappa shape index (κ1) is 30.0. The van der Waals surface area contributed by atoms with Crippen LogP contribution in [0.5, 0.6) is 0 Å². The number of unbranched alkanes of at least 4 members (excludes halogenated alkanes) is 1. The molecule has 0 spiro atoms. The summed E-state index contributed by atoms with van der Waals surface area (Å²) in [5.74, 6) is -3.85. The third kappa shape index (κ3) is 6.34. The summed E-state index contributed by atoms with van der Waals surface area (Å²) in [6.45, 7) is 2.76. The van der Waals surface area contributed by atoms with Crippen LogP contribution in [0, 0.1) is 5.82 Å². The number of H-pyrrole nitrogens is 1. The van der Waals surface area contributed by atoms with Crippen molar-refractivity contribution in [2.45, 2.75) is 52.4 Å². The van der Waals surface area contributed by atoms with Crippen LogP contribution >= 0.6 is 0 Å². The van der Waals surface area contributed by atoms with Gasteiger partial charge in [-0.2, -0.15) is 13.2 Å². The molecule has 0 aliphatic rings. The number of nitrogen functional groups attached to an aromatic ring is 1. The number of benzene rings is 2. The van der Waals surface area contributed by atoms with Gasteiger partial charge in [-0.3, -0.25) is 18.7 Å². The highest BCUT2D eigenvalue weighted by atomic mass is 19.4. The van der Waals surface area contributed by atoms with E-state index >= 15 is 0 Å². The number of amides is 1. The number of alkyl halides is 3. The Labute approximate surface area is 235 Å². The Bertz CT molecular complexity index is 1760. The Morgan fingerprint density at radius 1 is 1.10 bits per heavy atom. The van der Waals surface area contributed by atoms with Crippen LogP contribution < -0.4 is 22.0 Å². The number of aromatic amines is 1. The molecule has 0 saturated carbocycles. The fraction of sp³-hybridized carbons (Fsp3) is 0.296. The number of nitrogens with zero attached hydrogens (tertiary/aromatic N) is 4. The molecule has 0 aliphatic carbocycles. The Hall–Kier alpha value is -4.95. The summed E-state index contributed by atoms with van der Waals surface area (Å²) in [4.78, 5) is 61.3. The van der Waals surface area contributed by atoms with Gasteiger partial charge in [0.15, 0.2) is 5.65 Å². The average molecular weight is 591 g/mol. The van der Waals surface area contributed by atoms with Gasteiger partial charge in [0, 0.05) is 31.1 Å². The predicted molar refractivity (Wildman–Crippen MR) is 144 cm³/mol. The summed E-state index contributed by atoms with van der Waals surface area (Å²) in [6.07, 6.45) is -3.85. The Morgan fingerprint density at radius 3 is 2.40 bits per heavy atom. The number of hydrogen-bond acceptors (Lipinski definition) is 7. The number of fused-ring (bicyclic) bond motifs is 1. The lowest BCUT2D eigenvalue weighted by molar-refractivity contribution is -0.201. The maximum Gasteiger partial charge on any atom is 0.493 e. The van der Waals surface area contributed by atoms with E-state index in [2.05, 4.69) is 14.8 Å². The standard InChI is InChI=1S/C27H26F4N6O5/c1-3-4-11-35-23-22(24(39)36(26(35)41)14-17-13-18(32)7-10-20(17)28)33-21(34-23)12-16-5-8-19(9-6-16)37(15(2)38)42-25(40)27(29,30)31/h5-10,13H,3-4,11-12,14,32H2,1-2H3,(H,33,34). The van der Waals surface area contributed by atoms with Crippen LogP contribution in [-0.2, 0) is 33.9 Å². The molecular weight excluding hydrogens is 564 g/mol. The molecule has 2 heterocycles. The molecule has 1 amide bonds. The summed E-state index contributed by atoms with van der Waals surface area (Å²) >= 11 is 0. The van der Waals surface area contributed by atoms with Gasteiger partial charge in [-0.05, 0) is 42.3 Å². The molecule has 0 aliphatic heterocycles. The zero-order valence-corrected chi connectivity index (χ0v) is 22.5. The van der Waals surface area contributed by atoms with Crippen LogP contribution in [0.2, 0.25) is 0 Å². The number of hydroxylamine groups is 1. The van der Waals surface area contributed by atoms with Gasteiger partial charge in [0.1, 0.15) is 17.2 Å². The van der Waals surface area contributed by atoms with Gasteiger partial charge >= 0.3 is 17.8 Å². The van der Waals surface area contributed by atoms with Crippen molar-refractivity contribution >= 4 is 34.4 Å². The molecule has 42 heavy (non-hydrogen) atoms. The SMILES string of the molecule is CCCCn1c(=O)n(Cc2cc(N)ccc2F)c(=O)c2[nH]c(Cc3ccc(N(OC(=O)C(F)(F)F)C(C)=O)cc3)nc21. The third-order valence-corrected chi connectivity index (χ3v) is 6.28. The molecule has 15 heteroatoms. The number of rotatable bonds is 8. The Morgan fingerprint density at radius 2 is 1.79 bits per heavy atom. The second-order valence-electron chi connectivity index (χ2n) is 9.45. The van der Waals surface area contributed by atoms with E-state index in [1.165, 1.54) is 41.0 Å². The zero-order valence-electron chi connectivity index (χ0n) is 22.5. The molecule has 3 N–H and O–H groups in total. The number of aryl methyl sites for hydroxylation is 1. The molecule has 0 fully saturated rings. The van der Waals surface area contributed by atoms with Crippen LogP contribution in [-0.4, -0.2) is 37.2 Å². The van der Waals surface area contributed by atoms with E-state index < -0.39 is 35.1 Å². The minimum Gasteiger partial charge on any atom is -0.399 e. The normalized spacial score (nSPS) is 11.6. The quantitative estimate of drug-likeness (QED) is 0.182. The minimum absolute atomic E-state index is 0.0310. The first-order valence-electron chi connectivity index (χ1n) is 12.7. The number of hydrogen-bond donors (Lipinski definition) is 2. The summed E-state index contributed by atoms with van der Waals surface area (Å²) < 4.78 is 54.5. The number of imidazole rings is 1. The average Bonchev–Trinajstić information content (AvgIpc) is 3.35. The lowest BCUT2D eigenvalue weighted by Crippen LogP contribution is -2.40. The van der Waals surface area contributed by atoms with Crippen molar-refractivity contribution in [3.63, 3.8) is 0 Å². The molecule has 0 bridgehead atoms. The zero-order chi connectivity index (χ0) is 30.8. The lowest BCUT2D eigenvalue weighted by atomic mass is 10.1. The number of nitrogens with one attached hydrogen (secondary N) is 1. The van der Waals surface area contributed by atoms with E-state index in [0.29, 0.717) is 17.8 Å². The summed E-state index contributed by atoms with van der Waals surface area (Å²) in [7, 11) is 0. The third-order valence-electron chi connectivity index (χ3n) is 6.28. The van der Waals surface area contributed by atoms with E-state index in [-0.39, 0.29) is 52.7 Å². The minimum atomic E-state index is -5.30. The molecular formula is C27H26F4N6O5. The van der Waals surface area contributed by atoms with Crippen molar-refractivity contribution in [3.8, 4) is 0 Å². The second-order valence-corrected chi connectivity index (χ2v) is 9.45. The van der Waals surface area contributed by atoms with Gasteiger partial charge in [0.05, 0.1) is 12.2 Å². The summed E-state index contributed by atoms with van der Waals surface area (Å²) in [5, 5.41) is 0.221. The molecule has 0 atom stereocenters. The van der Waals surface area contributed by atoms with Crippen molar-refractivity contribution in [1.82, 2.24) is 19.1 Å². The van der Waals surface area contributed by atoms with Crippen LogP contribution in [0.1, 0.15) is 43.6 Å². The van der Waals surface area contributed by atoms with Crippen LogP contribution in [0.3, 0.4) is 0 Å². The van der Waals surface area contributed by atoms with Crippen LogP contribution in [0.4, 0.5) is 28.9 Å². The lowest BCUT2D eigenvalue weighted by Gasteiger charge is -2.20. The van der Waals surface area contributed by atoms with Crippen molar-refractivity contribution in [2.75, 3.05) is 10.8 Å². The molecule has 222 valence electrons. The fourth-order valence-corrected chi connectivity index (χ4v) is 4.22. The molecule has 0 saturated heterocycles. The highest BCUT2D eigenvalue weighted by molar-refractivity contribution is 5.92. The predicted octanol–water partition coefficient (Wildman–Crippen LogP) is 3.42. The first-order valence-corrected chi connectivity index (χ1v) is 12.7. The Kier molecular flexibility index (Phi) is 8.49. The van der Waals surface area contributed by atoms with Crippen LogP contribution in [0.25, 0.3) is 11.2 Å². The fourth-order valence-electron chi connectivity index (χ4n) is 4.22. The maximum absolute atomic E-state index is 14.4. The van der Waals surface area contributed by atoms with E-state index in [1.807, 2.05) is 6.92 Å². The largest absolute Gasteiger partial charge is 0.493 e. The number of anilines is 2. The van der Waals surface area contributed by atoms with E-state index in [4.69, 9.17) is 5.73 Å². The second kappa shape index (κ2) is 11.9. The number of halogens is 4. The van der Waals surface area contributed by atoms with Crippen LogP contribution in [0.15, 0.2) is 52.1 Å². The van der Waals surface area contributed by atoms with Gasteiger partial charge in [-0.15, -0.1) is 5.06 Å². The summed E-state index contributed by atoms with van der Waals surface area (Å²) in [5.41, 5.74) is 5.31. The monoisotopic (exact) mass is 590 g/mol. The Balaban J connectivity index is 1.68. The van der Waals surface area contributed by atoms with E-state index in [1.54, 1.807) is 0 Å². The van der Waals surface area contributed by atoms with Crippen molar-refractivity contribution < 1.29 is 32.0 Å². The number of carbonyl (C=O) groups excluding carboxylic acids is 2. The van der Waals surface area contributed by atoms with Gasteiger partial charge < -0.3 is 15.6 Å². The number of carbonyl (C=O) groups is 2. The van der Waals surface area contributed by atoms with Gasteiger partial charge in [-0.1, -0.05) is 25.5 Å². The molecule has 2 aromatic carbocycles. The molecule has 11 nitrogen and oxygen atoms in total.